The van der Waals surface area contributed by atoms with Crippen molar-refractivity contribution in [2.75, 3.05) is 13.2 Å². The van der Waals surface area contributed by atoms with Gasteiger partial charge >= 0.3 is 6.09 Å². The summed E-state index contributed by atoms with van der Waals surface area (Å²) in [5, 5.41) is 19.8. The van der Waals surface area contributed by atoms with Crippen LogP contribution in [0.25, 0.3) is 0 Å². The first-order chi connectivity index (χ1) is 10.0. The Hall–Kier alpha value is -1.46. The van der Waals surface area contributed by atoms with E-state index in [0.29, 0.717) is 30.2 Å². The average Bonchev–Trinajstić information content (AvgIpc) is 2.98. The van der Waals surface area contributed by atoms with Gasteiger partial charge in [0.25, 0.3) is 0 Å². The van der Waals surface area contributed by atoms with Crippen molar-refractivity contribution in [3.63, 3.8) is 0 Å². The van der Waals surface area contributed by atoms with Crippen molar-refractivity contribution in [3.8, 4) is 5.75 Å². The summed E-state index contributed by atoms with van der Waals surface area (Å²) in [6.07, 6.45) is 1.87. The number of amides is 1. The summed E-state index contributed by atoms with van der Waals surface area (Å²) in [6, 6.07) is 7.02. The zero-order chi connectivity index (χ0) is 15.1. The van der Waals surface area contributed by atoms with Crippen LogP contribution in [0.2, 0.25) is 5.02 Å². The summed E-state index contributed by atoms with van der Waals surface area (Å²) in [4.78, 5) is 13.1. The van der Waals surface area contributed by atoms with Crippen LogP contribution in [0.4, 0.5) is 4.79 Å². The molecular formula is C15H18ClNO4. The molecule has 1 aromatic rings. The lowest BCUT2D eigenvalue weighted by Gasteiger charge is -2.36. The second-order valence-corrected chi connectivity index (χ2v) is 6.40. The van der Waals surface area contributed by atoms with Gasteiger partial charge in [0.1, 0.15) is 12.4 Å². The lowest BCUT2D eigenvalue weighted by atomic mass is 9.83. The molecule has 2 aliphatic heterocycles. The molecule has 0 atom stereocenters. The fourth-order valence-corrected chi connectivity index (χ4v) is 3.85. The molecule has 1 amide bonds. The Bertz CT molecular complexity index is 537. The van der Waals surface area contributed by atoms with Gasteiger partial charge in [0.2, 0.25) is 0 Å². The summed E-state index contributed by atoms with van der Waals surface area (Å²) in [6.45, 7) is 0.185. The second-order valence-electron chi connectivity index (χ2n) is 5.97. The topological polar surface area (TPSA) is 70.0 Å². The molecule has 3 rings (SSSR count). The summed E-state index contributed by atoms with van der Waals surface area (Å²) in [5.74, 6) is 0.674. The van der Waals surface area contributed by atoms with Crippen molar-refractivity contribution < 1.29 is 19.7 Å². The van der Waals surface area contributed by atoms with Crippen LogP contribution >= 0.6 is 11.6 Å². The van der Waals surface area contributed by atoms with Crippen molar-refractivity contribution in [1.29, 1.82) is 0 Å². The van der Waals surface area contributed by atoms with E-state index in [1.54, 1.807) is 24.3 Å². The van der Waals surface area contributed by atoms with Crippen LogP contribution in [-0.2, 0) is 0 Å². The Balaban J connectivity index is 1.78. The molecule has 2 saturated heterocycles. The Labute approximate surface area is 128 Å². The van der Waals surface area contributed by atoms with Crippen LogP contribution in [0.3, 0.4) is 0 Å². The Kier molecular flexibility index (Phi) is 3.50. The highest BCUT2D eigenvalue weighted by Crippen LogP contribution is 2.53. The van der Waals surface area contributed by atoms with E-state index in [1.807, 2.05) is 0 Å². The van der Waals surface area contributed by atoms with Crippen LogP contribution in [0.15, 0.2) is 24.3 Å². The van der Waals surface area contributed by atoms with Gasteiger partial charge < -0.3 is 14.9 Å². The van der Waals surface area contributed by atoms with Crippen LogP contribution < -0.4 is 4.74 Å². The fourth-order valence-electron chi connectivity index (χ4n) is 3.72. The molecule has 6 heteroatoms. The Morgan fingerprint density at radius 1 is 1.19 bits per heavy atom. The number of aliphatic hydroxyl groups excluding tert-OH is 1. The molecular weight excluding hydrogens is 294 g/mol. The van der Waals surface area contributed by atoms with Gasteiger partial charge in [-0.05, 0) is 49.9 Å². The average molecular weight is 312 g/mol. The van der Waals surface area contributed by atoms with Crippen LogP contribution in [0.1, 0.15) is 25.7 Å². The number of fused-ring (bicyclic) bond motifs is 2. The number of carbonyl (C=O) groups is 1. The van der Waals surface area contributed by atoms with E-state index in [2.05, 4.69) is 0 Å². The van der Waals surface area contributed by atoms with Crippen LogP contribution in [0, 0.1) is 0 Å². The summed E-state index contributed by atoms with van der Waals surface area (Å²) >= 11 is 5.83. The molecule has 0 unspecified atom stereocenters. The normalized spacial score (nSPS) is 30.7. The third kappa shape index (κ3) is 2.24. The van der Waals surface area contributed by atoms with Crippen molar-refractivity contribution in [2.45, 2.75) is 36.8 Å². The van der Waals surface area contributed by atoms with Gasteiger partial charge in [-0.2, -0.15) is 0 Å². The highest BCUT2D eigenvalue weighted by molar-refractivity contribution is 6.30. The van der Waals surface area contributed by atoms with E-state index in [-0.39, 0.29) is 6.61 Å². The Morgan fingerprint density at radius 2 is 1.76 bits per heavy atom. The minimum atomic E-state index is -0.973. The predicted molar refractivity (Wildman–Crippen MR) is 77.8 cm³/mol. The van der Waals surface area contributed by atoms with E-state index >= 15 is 0 Å². The number of ether oxygens (including phenoxy) is 1. The molecule has 5 nitrogen and oxygen atoms in total. The molecule has 2 heterocycles. The molecule has 0 aliphatic carbocycles. The minimum Gasteiger partial charge on any atom is -0.491 e. The maximum absolute atomic E-state index is 11.6. The third-order valence-electron chi connectivity index (χ3n) is 4.87. The number of nitrogens with zero attached hydrogens (tertiary/aromatic N) is 1. The molecule has 0 saturated carbocycles. The van der Waals surface area contributed by atoms with E-state index in [1.165, 1.54) is 4.90 Å². The van der Waals surface area contributed by atoms with Crippen LogP contribution in [-0.4, -0.2) is 45.5 Å². The smallest absolute Gasteiger partial charge is 0.408 e. The van der Waals surface area contributed by atoms with E-state index < -0.39 is 17.2 Å². The molecule has 21 heavy (non-hydrogen) atoms. The van der Waals surface area contributed by atoms with Crippen LogP contribution in [0.5, 0.6) is 5.75 Å². The van der Waals surface area contributed by atoms with Gasteiger partial charge in [0.05, 0.1) is 17.7 Å². The van der Waals surface area contributed by atoms with Gasteiger partial charge in [-0.3, -0.25) is 4.90 Å². The van der Waals surface area contributed by atoms with Gasteiger partial charge in [0, 0.05) is 5.02 Å². The number of hydrogen-bond donors (Lipinski definition) is 2. The highest BCUT2D eigenvalue weighted by Gasteiger charge is 2.62. The zero-order valence-electron chi connectivity index (χ0n) is 11.6. The maximum Gasteiger partial charge on any atom is 0.408 e. The van der Waals surface area contributed by atoms with Gasteiger partial charge in [-0.25, -0.2) is 4.79 Å². The first-order valence-electron chi connectivity index (χ1n) is 7.04. The van der Waals surface area contributed by atoms with Crippen molar-refractivity contribution in [3.05, 3.63) is 29.3 Å². The molecule has 2 aliphatic rings. The highest BCUT2D eigenvalue weighted by atomic mass is 35.5. The molecule has 2 fully saturated rings. The number of hydrogen-bond acceptors (Lipinski definition) is 3. The molecule has 2 bridgehead atoms. The van der Waals surface area contributed by atoms with E-state index in [0.717, 1.165) is 12.8 Å². The first kappa shape index (κ1) is 14.5. The van der Waals surface area contributed by atoms with Gasteiger partial charge in [-0.15, -0.1) is 0 Å². The second kappa shape index (κ2) is 5.07. The largest absolute Gasteiger partial charge is 0.491 e. The number of rotatable bonds is 4. The number of carboxylic acid groups (broad SMARTS) is 1. The quantitative estimate of drug-likeness (QED) is 0.897. The van der Waals surface area contributed by atoms with E-state index in [4.69, 9.17) is 16.3 Å². The van der Waals surface area contributed by atoms with Gasteiger partial charge in [0.15, 0.2) is 0 Å². The minimum absolute atomic E-state index is 0.123. The summed E-state index contributed by atoms with van der Waals surface area (Å²) < 4.78 is 5.79. The van der Waals surface area contributed by atoms with E-state index in [9.17, 15) is 15.0 Å². The van der Waals surface area contributed by atoms with Crippen molar-refractivity contribution >= 4 is 17.7 Å². The summed E-state index contributed by atoms with van der Waals surface area (Å²) in [7, 11) is 0. The molecule has 0 radical (unpaired) electrons. The number of benzene rings is 1. The van der Waals surface area contributed by atoms with Crippen molar-refractivity contribution in [2.24, 2.45) is 0 Å². The monoisotopic (exact) mass is 311 g/mol. The predicted octanol–water partition coefficient (Wildman–Crippen LogP) is 2.76. The molecule has 0 spiro atoms. The number of aliphatic hydroxyl groups is 1. The third-order valence-corrected chi connectivity index (χ3v) is 5.12. The maximum atomic E-state index is 11.6. The lowest BCUT2D eigenvalue weighted by molar-refractivity contribution is 0.0336. The zero-order valence-corrected chi connectivity index (χ0v) is 12.3. The summed E-state index contributed by atoms with van der Waals surface area (Å²) in [5.41, 5.74) is -1.14. The molecule has 1 aromatic carbocycles. The first-order valence-corrected chi connectivity index (χ1v) is 7.42. The molecule has 114 valence electrons. The Morgan fingerprint density at radius 3 is 2.29 bits per heavy atom. The lowest BCUT2D eigenvalue weighted by Crippen LogP contribution is -2.54. The van der Waals surface area contributed by atoms with Gasteiger partial charge in [-0.1, -0.05) is 11.6 Å². The number of halogens is 1. The van der Waals surface area contributed by atoms with Crippen molar-refractivity contribution in [1.82, 2.24) is 4.90 Å². The standard InChI is InChI=1S/C15H18ClNO4/c16-11-1-3-12(4-2-11)21-10-15-7-5-14(9-18,6-8-15)17(15)13(19)20/h1-4,18H,5-10H2,(H,19,20). The SMILES string of the molecule is O=C(O)N1C2(CO)CCC1(COc1ccc(Cl)cc1)CC2. The molecule has 0 aromatic heterocycles. The fraction of sp³-hybridized carbons (Fsp3) is 0.533. The molecule has 2 N–H and O–H groups in total.